The number of ketones is 1. The third kappa shape index (κ3) is 4.91. The number of methoxy groups -OCH3 is 1. The summed E-state index contributed by atoms with van der Waals surface area (Å²) in [6.45, 7) is 0. The van der Waals surface area contributed by atoms with Crippen LogP contribution in [0.15, 0.2) is 65.3 Å². The van der Waals surface area contributed by atoms with Gasteiger partial charge in [-0.25, -0.2) is 4.79 Å². The summed E-state index contributed by atoms with van der Waals surface area (Å²) >= 11 is 0. The van der Waals surface area contributed by atoms with Crippen LogP contribution < -0.4 is 0 Å². The molecule has 2 aromatic carbocycles. The molecule has 0 aliphatic carbocycles. The van der Waals surface area contributed by atoms with Crippen molar-refractivity contribution in [1.82, 2.24) is 4.98 Å². The van der Waals surface area contributed by atoms with E-state index in [2.05, 4.69) is 46.1 Å². The molecule has 5 heteroatoms. The molecular formula is C22H21NO4. The van der Waals surface area contributed by atoms with Crippen LogP contribution in [0, 0.1) is 0 Å². The highest BCUT2D eigenvalue weighted by atomic mass is 16.5. The van der Waals surface area contributed by atoms with Gasteiger partial charge in [0.05, 0.1) is 7.11 Å². The van der Waals surface area contributed by atoms with Crippen molar-refractivity contribution in [1.29, 1.82) is 0 Å². The second kappa shape index (κ2) is 8.94. The number of hydrogen-bond donors (Lipinski definition) is 0. The molecule has 27 heavy (non-hydrogen) atoms. The highest BCUT2D eigenvalue weighted by molar-refractivity contribution is 5.93. The lowest BCUT2D eigenvalue weighted by atomic mass is 10.0. The maximum absolute atomic E-state index is 12.1. The highest BCUT2D eigenvalue weighted by Crippen LogP contribution is 2.20. The molecule has 0 fully saturated rings. The van der Waals surface area contributed by atoms with E-state index in [1.54, 1.807) is 0 Å². The third-order valence-electron chi connectivity index (χ3n) is 4.32. The molecule has 0 unspecified atom stereocenters. The lowest BCUT2D eigenvalue weighted by Gasteiger charge is -2.04. The number of nitrogens with zero attached hydrogens (tertiary/aromatic N) is 1. The smallest absolute Gasteiger partial charge is 0.360 e. The fourth-order valence-corrected chi connectivity index (χ4v) is 2.82. The van der Waals surface area contributed by atoms with E-state index in [1.165, 1.54) is 23.8 Å². The van der Waals surface area contributed by atoms with E-state index >= 15 is 0 Å². The number of oxazole rings is 1. The molecular weight excluding hydrogens is 342 g/mol. The fraction of sp³-hybridized carbons (Fsp3) is 0.227. The Balaban J connectivity index is 1.45. The Morgan fingerprint density at radius 3 is 2.37 bits per heavy atom. The van der Waals surface area contributed by atoms with Crippen LogP contribution >= 0.6 is 0 Å². The normalized spacial score (nSPS) is 10.6. The Morgan fingerprint density at radius 1 is 0.963 bits per heavy atom. The van der Waals surface area contributed by atoms with Gasteiger partial charge in [-0.3, -0.25) is 4.79 Å². The van der Waals surface area contributed by atoms with E-state index in [0.717, 1.165) is 25.5 Å². The lowest BCUT2D eigenvalue weighted by Crippen LogP contribution is -2.04. The summed E-state index contributed by atoms with van der Waals surface area (Å²) in [7, 11) is 1.25. The first-order valence-corrected chi connectivity index (χ1v) is 8.89. The SMILES string of the molecule is COC(=O)c1coc(C(=O)CCCCc2ccc(-c3ccccc3)cc2)n1. The summed E-state index contributed by atoms with van der Waals surface area (Å²) in [5, 5.41) is 0. The molecule has 0 bridgehead atoms. The van der Waals surface area contributed by atoms with Crippen LogP contribution in [-0.2, 0) is 11.2 Å². The van der Waals surface area contributed by atoms with Gasteiger partial charge >= 0.3 is 5.97 Å². The molecule has 1 heterocycles. The molecule has 0 atom stereocenters. The van der Waals surface area contributed by atoms with Crippen LogP contribution in [-0.4, -0.2) is 23.8 Å². The number of carbonyl (C=O) groups is 2. The van der Waals surface area contributed by atoms with Gasteiger partial charge in [0.25, 0.3) is 5.89 Å². The second-order valence-electron chi connectivity index (χ2n) is 6.22. The summed E-state index contributed by atoms with van der Waals surface area (Å²) in [6.07, 6.45) is 4.01. The minimum atomic E-state index is -0.614. The minimum Gasteiger partial charge on any atom is -0.464 e. The van der Waals surface area contributed by atoms with Crippen molar-refractivity contribution in [3.63, 3.8) is 0 Å². The highest BCUT2D eigenvalue weighted by Gasteiger charge is 2.17. The molecule has 3 rings (SSSR count). The molecule has 0 aliphatic heterocycles. The zero-order valence-electron chi connectivity index (χ0n) is 15.2. The zero-order chi connectivity index (χ0) is 19.1. The van der Waals surface area contributed by atoms with E-state index < -0.39 is 5.97 Å². The average molecular weight is 363 g/mol. The first-order chi connectivity index (χ1) is 13.2. The molecule has 3 aromatic rings. The van der Waals surface area contributed by atoms with E-state index in [1.807, 2.05) is 18.2 Å². The molecule has 1 aromatic heterocycles. The predicted molar refractivity (Wildman–Crippen MR) is 102 cm³/mol. The number of aryl methyl sites for hydroxylation is 1. The summed E-state index contributed by atoms with van der Waals surface area (Å²) in [5.74, 6) is -0.857. The van der Waals surface area contributed by atoms with Gasteiger partial charge in [0.2, 0.25) is 5.78 Å². The maximum Gasteiger partial charge on any atom is 0.360 e. The van der Waals surface area contributed by atoms with E-state index in [-0.39, 0.29) is 17.4 Å². The molecule has 0 N–H and O–H groups in total. The summed E-state index contributed by atoms with van der Waals surface area (Å²) in [6, 6.07) is 18.7. The van der Waals surface area contributed by atoms with Gasteiger partial charge in [0, 0.05) is 6.42 Å². The van der Waals surface area contributed by atoms with Crippen LogP contribution in [0.25, 0.3) is 11.1 Å². The van der Waals surface area contributed by atoms with Crippen molar-refractivity contribution in [2.45, 2.75) is 25.7 Å². The Kier molecular flexibility index (Phi) is 6.15. The van der Waals surface area contributed by atoms with E-state index in [0.29, 0.717) is 6.42 Å². The summed E-state index contributed by atoms with van der Waals surface area (Å²) < 4.78 is 9.60. The number of rotatable bonds is 8. The maximum atomic E-state index is 12.1. The fourth-order valence-electron chi connectivity index (χ4n) is 2.82. The Labute approximate surface area is 158 Å². The van der Waals surface area contributed by atoms with Gasteiger partial charge < -0.3 is 9.15 Å². The first-order valence-electron chi connectivity index (χ1n) is 8.89. The largest absolute Gasteiger partial charge is 0.464 e. The van der Waals surface area contributed by atoms with Crippen LogP contribution in [0.5, 0.6) is 0 Å². The van der Waals surface area contributed by atoms with Crippen LogP contribution in [0.1, 0.15) is 46.0 Å². The summed E-state index contributed by atoms with van der Waals surface area (Å²) in [5.41, 5.74) is 3.65. The number of carbonyl (C=O) groups excluding carboxylic acids is 2. The van der Waals surface area contributed by atoms with Crippen molar-refractivity contribution in [3.8, 4) is 11.1 Å². The first kappa shape index (κ1) is 18.6. The van der Waals surface area contributed by atoms with E-state index in [4.69, 9.17) is 4.42 Å². The predicted octanol–water partition coefficient (Wildman–Crippen LogP) is 4.72. The molecule has 0 amide bonds. The molecule has 5 nitrogen and oxygen atoms in total. The number of unbranched alkanes of at least 4 members (excludes halogenated alkanes) is 1. The monoisotopic (exact) mass is 363 g/mol. The van der Waals surface area contributed by atoms with Gasteiger partial charge in [-0.2, -0.15) is 4.98 Å². The molecule has 0 radical (unpaired) electrons. The van der Waals surface area contributed by atoms with Crippen molar-refractivity contribution in [2.75, 3.05) is 7.11 Å². The van der Waals surface area contributed by atoms with Crippen molar-refractivity contribution >= 4 is 11.8 Å². The van der Waals surface area contributed by atoms with E-state index in [9.17, 15) is 9.59 Å². The van der Waals surface area contributed by atoms with Crippen LogP contribution in [0.2, 0.25) is 0 Å². The van der Waals surface area contributed by atoms with Crippen molar-refractivity contribution in [2.24, 2.45) is 0 Å². The van der Waals surface area contributed by atoms with Crippen LogP contribution in [0.3, 0.4) is 0 Å². The zero-order valence-corrected chi connectivity index (χ0v) is 15.2. The van der Waals surface area contributed by atoms with Gasteiger partial charge in [-0.1, -0.05) is 54.6 Å². The Hall–Kier alpha value is -3.21. The van der Waals surface area contributed by atoms with Gasteiger partial charge in [-0.05, 0) is 36.0 Å². The topological polar surface area (TPSA) is 69.4 Å². The average Bonchev–Trinajstić information content (AvgIpc) is 3.22. The molecule has 0 aliphatic rings. The lowest BCUT2D eigenvalue weighted by molar-refractivity contribution is 0.0594. The standard InChI is InChI=1S/C22H21NO4/c1-26-22(25)19-15-27-21(23-19)20(24)10-6-5-7-16-11-13-18(14-12-16)17-8-3-2-4-9-17/h2-4,8-9,11-15H,5-7,10H2,1H3. The van der Waals surface area contributed by atoms with Crippen molar-refractivity contribution in [3.05, 3.63) is 78.0 Å². The number of esters is 1. The van der Waals surface area contributed by atoms with Crippen LogP contribution in [0.4, 0.5) is 0 Å². The number of aromatic nitrogens is 1. The second-order valence-corrected chi connectivity index (χ2v) is 6.22. The molecule has 0 saturated carbocycles. The quantitative estimate of drug-likeness (QED) is 0.329. The van der Waals surface area contributed by atoms with Gasteiger partial charge in [0.15, 0.2) is 5.69 Å². The Morgan fingerprint density at radius 2 is 1.67 bits per heavy atom. The van der Waals surface area contributed by atoms with Crippen molar-refractivity contribution < 1.29 is 18.7 Å². The summed E-state index contributed by atoms with van der Waals surface area (Å²) in [4.78, 5) is 27.3. The number of benzene rings is 2. The molecule has 0 spiro atoms. The third-order valence-corrected chi connectivity index (χ3v) is 4.32. The Bertz CT molecular complexity index is 898. The van der Waals surface area contributed by atoms with Gasteiger partial charge in [0.1, 0.15) is 6.26 Å². The molecule has 138 valence electrons. The number of Topliss-reactive ketones (excluding diaryl/α,β-unsaturated/α-hetero) is 1. The van der Waals surface area contributed by atoms with Gasteiger partial charge in [-0.15, -0.1) is 0 Å². The molecule has 0 saturated heterocycles. The number of ether oxygens (including phenoxy) is 1. The number of hydrogen-bond acceptors (Lipinski definition) is 5. The minimum absolute atomic E-state index is 0.0133.